The minimum Gasteiger partial charge on any atom is -0.496 e. The molecule has 0 saturated carbocycles. The molecule has 0 aliphatic heterocycles. The van der Waals surface area contributed by atoms with Crippen molar-refractivity contribution < 1.29 is 9.53 Å². The number of halogens is 1. The predicted octanol–water partition coefficient (Wildman–Crippen LogP) is 2.93. The average molecular weight is 482 g/mol. The van der Waals surface area contributed by atoms with Crippen LogP contribution in [-0.2, 0) is 13.1 Å². The molecular weight excluding hydrogens is 455 g/mol. The highest BCUT2D eigenvalue weighted by molar-refractivity contribution is 14.0. The molecule has 0 saturated heterocycles. The van der Waals surface area contributed by atoms with Gasteiger partial charge >= 0.3 is 0 Å². The maximum Gasteiger partial charge on any atom is 0.251 e. The molecule has 0 spiro atoms. The summed E-state index contributed by atoms with van der Waals surface area (Å²) in [7, 11) is 3.29. The van der Waals surface area contributed by atoms with Crippen LogP contribution in [0.1, 0.15) is 28.4 Å². The van der Waals surface area contributed by atoms with Crippen molar-refractivity contribution in [3.8, 4) is 5.75 Å². The third-order valence-corrected chi connectivity index (χ3v) is 3.85. The van der Waals surface area contributed by atoms with Gasteiger partial charge in [-0.1, -0.05) is 30.3 Å². The number of rotatable bonds is 7. The van der Waals surface area contributed by atoms with E-state index in [0.717, 1.165) is 29.4 Å². The van der Waals surface area contributed by atoms with Crippen LogP contribution in [0.25, 0.3) is 0 Å². The topological polar surface area (TPSA) is 74.8 Å². The van der Waals surface area contributed by atoms with Crippen LogP contribution in [0.2, 0.25) is 0 Å². The Hall–Kier alpha value is -2.29. The second kappa shape index (κ2) is 12.2. The largest absolute Gasteiger partial charge is 0.496 e. The molecule has 0 aliphatic rings. The lowest BCUT2D eigenvalue weighted by Gasteiger charge is -2.13. The summed E-state index contributed by atoms with van der Waals surface area (Å²) < 4.78 is 5.37. The van der Waals surface area contributed by atoms with E-state index in [2.05, 4.69) is 20.9 Å². The number of hydrogen-bond donors (Lipinski definition) is 3. The van der Waals surface area contributed by atoms with Gasteiger partial charge in [0, 0.05) is 31.3 Å². The number of aliphatic imine (C=N–C) groups is 1. The Morgan fingerprint density at radius 3 is 2.41 bits per heavy atom. The minimum absolute atomic E-state index is 0. The van der Waals surface area contributed by atoms with Crippen LogP contribution in [-0.4, -0.2) is 32.6 Å². The van der Waals surface area contributed by atoms with Crippen molar-refractivity contribution in [2.45, 2.75) is 20.0 Å². The number of hydrogen-bond acceptors (Lipinski definition) is 3. The first-order valence-corrected chi connectivity index (χ1v) is 8.63. The summed E-state index contributed by atoms with van der Waals surface area (Å²) in [5, 5.41) is 9.16. The van der Waals surface area contributed by atoms with E-state index in [0.29, 0.717) is 18.7 Å². The zero-order valence-corrected chi connectivity index (χ0v) is 18.2. The molecule has 0 fully saturated rings. The van der Waals surface area contributed by atoms with E-state index in [1.807, 2.05) is 43.3 Å². The molecule has 7 heteroatoms. The summed E-state index contributed by atoms with van der Waals surface area (Å²) in [6, 6.07) is 15.3. The maximum absolute atomic E-state index is 11.6. The summed E-state index contributed by atoms with van der Waals surface area (Å²) in [4.78, 5) is 16.2. The molecule has 0 aliphatic carbocycles. The molecule has 27 heavy (non-hydrogen) atoms. The lowest BCUT2D eigenvalue weighted by atomic mass is 10.1. The van der Waals surface area contributed by atoms with E-state index in [1.165, 1.54) is 0 Å². The molecule has 0 heterocycles. The Morgan fingerprint density at radius 1 is 1.07 bits per heavy atom. The van der Waals surface area contributed by atoms with E-state index in [1.54, 1.807) is 26.3 Å². The van der Waals surface area contributed by atoms with Gasteiger partial charge in [0.15, 0.2) is 5.96 Å². The van der Waals surface area contributed by atoms with Crippen LogP contribution < -0.4 is 20.7 Å². The predicted molar refractivity (Wildman–Crippen MR) is 120 cm³/mol. The normalized spacial score (nSPS) is 10.6. The first-order chi connectivity index (χ1) is 12.7. The average Bonchev–Trinajstić information content (AvgIpc) is 2.70. The highest BCUT2D eigenvalue weighted by atomic mass is 127. The van der Waals surface area contributed by atoms with Gasteiger partial charge in [0.05, 0.1) is 13.7 Å². The number of benzene rings is 2. The molecule has 0 bridgehead atoms. The SMILES string of the molecule is CCNC(=NCc1ccc(C(=O)NC)cc1)NCc1ccccc1OC.I. The van der Waals surface area contributed by atoms with Gasteiger partial charge in [0.2, 0.25) is 0 Å². The van der Waals surface area contributed by atoms with Crippen molar-refractivity contribution in [1.29, 1.82) is 0 Å². The van der Waals surface area contributed by atoms with Gasteiger partial charge < -0.3 is 20.7 Å². The van der Waals surface area contributed by atoms with E-state index in [4.69, 9.17) is 4.74 Å². The van der Waals surface area contributed by atoms with Gasteiger partial charge in [-0.3, -0.25) is 4.79 Å². The minimum atomic E-state index is -0.0909. The molecule has 146 valence electrons. The molecular formula is C20H27IN4O2. The van der Waals surface area contributed by atoms with E-state index in [9.17, 15) is 4.79 Å². The smallest absolute Gasteiger partial charge is 0.251 e. The first-order valence-electron chi connectivity index (χ1n) is 8.63. The molecule has 2 rings (SSSR count). The second-order valence-electron chi connectivity index (χ2n) is 5.64. The van der Waals surface area contributed by atoms with E-state index >= 15 is 0 Å². The molecule has 6 nitrogen and oxygen atoms in total. The Morgan fingerprint density at radius 2 is 1.78 bits per heavy atom. The highest BCUT2D eigenvalue weighted by Crippen LogP contribution is 2.16. The lowest BCUT2D eigenvalue weighted by molar-refractivity contribution is 0.0963. The van der Waals surface area contributed by atoms with Gasteiger partial charge in [0.25, 0.3) is 5.91 Å². The Bertz CT molecular complexity index is 748. The summed E-state index contributed by atoms with van der Waals surface area (Å²) in [6.07, 6.45) is 0. The molecule has 2 aromatic carbocycles. The zero-order chi connectivity index (χ0) is 18.8. The quantitative estimate of drug-likeness (QED) is 0.323. The van der Waals surface area contributed by atoms with Crippen LogP contribution in [0.4, 0.5) is 0 Å². The van der Waals surface area contributed by atoms with Crippen molar-refractivity contribution in [2.75, 3.05) is 20.7 Å². The molecule has 0 aromatic heterocycles. The van der Waals surface area contributed by atoms with E-state index in [-0.39, 0.29) is 29.9 Å². The first kappa shape index (κ1) is 22.8. The fourth-order valence-electron chi connectivity index (χ4n) is 2.45. The molecule has 0 unspecified atom stereocenters. The summed E-state index contributed by atoms with van der Waals surface area (Å²) in [5.74, 6) is 1.49. The number of methoxy groups -OCH3 is 1. The summed E-state index contributed by atoms with van der Waals surface area (Å²) in [6.45, 7) is 3.94. The second-order valence-corrected chi connectivity index (χ2v) is 5.64. The standard InChI is InChI=1S/C20H26N4O2.HI/c1-4-22-20(24-14-17-7-5-6-8-18(17)26-3)23-13-15-9-11-16(12-10-15)19(25)21-2;/h5-12H,4,13-14H2,1-3H3,(H,21,25)(H2,22,23,24);1H. The number of nitrogens with one attached hydrogen (secondary N) is 3. The number of carbonyl (C=O) groups excluding carboxylic acids is 1. The van der Waals surface area contributed by atoms with Crippen molar-refractivity contribution in [3.63, 3.8) is 0 Å². The summed E-state index contributed by atoms with van der Waals surface area (Å²) >= 11 is 0. The molecule has 0 radical (unpaired) electrons. The van der Waals surface area contributed by atoms with Crippen LogP contribution in [0.15, 0.2) is 53.5 Å². The number of amides is 1. The Kier molecular flexibility index (Phi) is 10.2. The third-order valence-electron chi connectivity index (χ3n) is 3.85. The molecule has 1 amide bonds. The lowest BCUT2D eigenvalue weighted by Crippen LogP contribution is -2.36. The van der Waals surface area contributed by atoms with Crippen LogP contribution >= 0.6 is 24.0 Å². The Balaban J connectivity index is 0.00000364. The zero-order valence-electron chi connectivity index (χ0n) is 15.9. The fraction of sp³-hybridized carbons (Fsp3) is 0.300. The van der Waals surface area contributed by atoms with Crippen molar-refractivity contribution in [3.05, 3.63) is 65.2 Å². The van der Waals surface area contributed by atoms with Gasteiger partial charge in [-0.25, -0.2) is 4.99 Å². The number of carbonyl (C=O) groups is 1. The Labute approximate surface area is 177 Å². The monoisotopic (exact) mass is 482 g/mol. The van der Waals surface area contributed by atoms with Crippen molar-refractivity contribution in [2.24, 2.45) is 4.99 Å². The molecule has 3 N–H and O–H groups in total. The van der Waals surface area contributed by atoms with Gasteiger partial charge in [0.1, 0.15) is 5.75 Å². The van der Waals surface area contributed by atoms with Crippen molar-refractivity contribution >= 4 is 35.8 Å². The van der Waals surface area contributed by atoms with Crippen molar-refractivity contribution in [1.82, 2.24) is 16.0 Å². The number of ether oxygens (including phenoxy) is 1. The van der Waals surface area contributed by atoms with Gasteiger partial charge in [-0.05, 0) is 30.7 Å². The number of guanidine groups is 1. The van der Waals surface area contributed by atoms with Crippen LogP contribution in [0.3, 0.4) is 0 Å². The number of nitrogens with zero attached hydrogens (tertiary/aromatic N) is 1. The molecule has 2 aromatic rings. The van der Waals surface area contributed by atoms with Crippen LogP contribution in [0, 0.1) is 0 Å². The summed E-state index contributed by atoms with van der Waals surface area (Å²) in [5.41, 5.74) is 2.74. The number of para-hydroxylation sites is 1. The highest BCUT2D eigenvalue weighted by Gasteiger charge is 2.04. The third kappa shape index (κ3) is 7.09. The van der Waals surface area contributed by atoms with Crippen LogP contribution in [0.5, 0.6) is 5.75 Å². The van der Waals surface area contributed by atoms with Gasteiger partial charge in [-0.15, -0.1) is 24.0 Å². The maximum atomic E-state index is 11.6. The van der Waals surface area contributed by atoms with E-state index < -0.39 is 0 Å². The fourth-order valence-corrected chi connectivity index (χ4v) is 2.45. The van der Waals surface area contributed by atoms with Gasteiger partial charge in [-0.2, -0.15) is 0 Å². The molecule has 0 atom stereocenters.